The molecule has 0 aromatic heterocycles. The van der Waals surface area contributed by atoms with Gasteiger partial charge in [-0.3, -0.25) is 4.90 Å². The van der Waals surface area contributed by atoms with E-state index in [9.17, 15) is 21.6 Å². The number of alkyl halides is 3. The number of halogens is 3. The summed E-state index contributed by atoms with van der Waals surface area (Å²) in [6.45, 7) is 2.46. The minimum Gasteiger partial charge on any atom is -0.486 e. The van der Waals surface area contributed by atoms with Crippen molar-refractivity contribution in [3.8, 4) is 5.75 Å². The zero-order valence-corrected chi connectivity index (χ0v) is 15.9. The molecule has 0 atom stereocenters. The minimum atomic E-state index is -4.34. The molecule has 150 valence electrons. The van der Waals surface area contributed by atoms with Gasteiger partial charge in [0, 0.05) is 12.0 Å². The maximum atomic E-state index is 12.7. The van der Waals surface area contributed by atoms with Crippen LogP contribution in [0.1, 0.15) is 37.7 Å². The molecule has 4 nitrogen and oxygen atoms in total. The van der Waals surface area contributed by atoms with E-state index in [1.54, 1.807) is 0 Å². The molecule has 0 N–H and O–H groups in total. The SMILES string of the molecule is O=S1(=O)CC2(CCN(CC3(Oc4ccc(C(F)(F)F)cc4)CCC3)CC2)C1. The number of rotatable bonds is 4. The van der Waals surface area contributed by atoms with Crippen LogP contribution in [0.5, 0.6) is 5.75 Å². The molecule has 1 aromatic carbocycles. The zero-order chi connectivity index (χ0) is 19.3. The van der Waals surface area contributed by atoms with Crippen molar-refractivity contribution in [2.45, 2.75) is 43.9 Å². The van der Waals surface area contributed by atoms with Gasteiger partial charge in [0.15, 0.2) is 9.84 Å². The van der Waals surface area contributed by atoms with Gasteiger partial charge in [-0.15, -0.1) is 0 Å². The van der Waals surface area contributed by atoms with Crippen molar-refractivity contribution in [2.24, 2.45) is 5.41 Å². The smallest absolute Gasteiger partial charge is 0.416 e. The van der Waals surface area contributed by atoms with E-state index in [4.69, 9.17) is 4.74 Å². The van der Waals surface area contributed by atoms with Gasteiger partial charge in [0.25, 0.3) is 0 Å². The van der Waals surface area contributed by atoms with E-state index in [0.717, 1.165) is 63.9 Å². The molecule has 3 fully saturated rings. The molecule has 2 saturated heterocycles. The van der Waals surface area contributed by atoms with E-state index in [0.29, 0.717) is 17.3 Å². The van der Waals surface area contributed by atoms with Crippen LogP contribution in [0.3, 0.4) is 0 Å². The predicted molar refractivity (Wildman–Crippen MR) is 95.4 cm³/mol. The lowest BCUT2D eigenvalue weighted by Crippen LogP contribution is -2.58. The van der Waals surface area contributed by atoms with Gasteiger partial charge in [0.05, 0.1) is 17.1 Å². The molecule has 1 aliphatic carbocycles. The molecule has 0 radical (unpaired) electrons. The van der Waals surface area contributed by atoms with Gasteiger partial charge in [-0.25, -0.2) is 8.42 Å². The third kappa shape index (κ3) is 3.97. The standard InChI is InChI=1S/C19H24F3NO3S/c20-19(21,22)15-2-4-16(5-3-15)26-18(6-1-7-18)12-23-10-8-17(9-11-23)13-27(24,25)14-17/h2-5H,1,6-14H2. The first-order valence-corrected chi connectivity index (χ1v) is 11.2. The van der Waals surface area contributed by atoms with Crippen molar-refractivity contribution in [1.82, 2.24) is 4.90 Å². The van der Waals surface area contributed by atoms with Crippen molar-refractivity contribution in [1.29, 1.82) is 0 Å². The van der Waals surface area contributed by atoms with E-state index >= 15 is 0 Å². The summed E-state index contributed by atoms with van der Waals surface area (Å²) < 4.78 is 67.3. The highest BCUT2D eigenvalue weighted by Gasteiger charge is 2.50. The number of nitrogens with zero attached hydrogens (tertiary/aromatic N) is 1. The molecule has 1 aromatic rings. The third-order valence-electron chi connectivity index (χ3n) is 6.26. The Kier molecular flexibility index (Phi) is 4.50. The fraction of sp³-hybridized carbons (Fsp3) is 0.684. The van der Waals surface area contributed by atoms with Gasteiger partial charge >= 0.3 is 6.18 Å². The monoisotopic (exact) mass is 403 g/mol. The van der Waals surface area contributed by atoms with Crippen molar-refractivity contribution in [3.05, 3.63) is 29.8 Å². The third-order valence-corrected chi connectivity index (χ3v) is 8.37. The van der Waals surface area contributed by atoms with Crippen LogP contribution in [0.15, 0.2) is 24.3 Å². The van der Waals surface area contributed by atoms with Crippen LogP contribution >= 0.6 is 0 Å². The molecule has 0 bridgehead atoms. The molecule has 8 heteroatoms. The molecule has 0 amide bonds. The topological polar surface area (TPSA) is 46.6 Å². The Labute approximate surface area is 157 Å². The van der Waals surface area contributed by atoms with E-state index in [1.165, 1.54) is 12.1 Å². The van der Waals surface area contributed by atoms with Gasteiger partial charge in [-0.2, -0.15) is 13.2 Å². The molecule has 1 saturated carbocycles. The number of ether oxygens (including phenoxy) is 1. The summed E-state index contributed by atoms with van der Waals surface area (Å²) in [6.07, 6.45) is 0.279. The van der Waals surface area contributed by atoms with Gasteiger partial charge < -0.3 is 4.74 Å². The summed E-state index contributed by atoms with van der Waals surface area (Å²) in [5.74, 6) is 1.11. The quantitative estimate of drug-likeness (QED) is 0.772. The van der Waals surface area contributed by atoms with Crippen molar-refractivity contribution < 1.29 is 26.3 Å². The molecule has 27 heavy (non-hydrogen) atoms. The number of hydrogen-bond donors (Lipinski definition) is 0. The Hall–Kier alpha value is -1.28. The van der Waals surface area contributed by atoms with Crippen LogP contribution in [0.2, 0.25) is 0 Å². The van der Waals surface area contributed by atoms with E-state index < -0.39 is 21.6 Å². The van der Waals surface area contributed by atoms with Crippen LogP contribution in [0.4, 0.5) is 13.2 Å². The molecule has 1 spiro atoms. The Bertz CT molecular complexity index is 778. The number of piperidine rings is 1. The fourth-order valence-corrected chi connectivity index (χ4v) is 6.96. The van der Waals surface area contributed by atoms with E-state index in [-0.39, 0.29) is 11.0 Å². The summed E-state index contributed by atoms with van der Waals surface area (Å²) in [4.78, 5) is 2.32. The second-order valence-electron chi connectivity index (χ2n) is 8.47. The van der Waals surface area contributed by atoms with Crippen molar-refractivity contribution in [3.63, 3.8) is 0 Å². The van der Waals surface area contributed by atoms with Crippen molar-refractivity contribution in [2.75, 3.05) is 31.1 Å². The number of sulfone groups is 1. The van der Waals surface area contributed by atoms with Crippen LogP contribution in [-0.2, 0) is 16.0 Å². The highest BCUT2D eigenvalue weighted by molar-refractivity contribution is 7.92. The van der Waals surface area contributed by atoms with Crippen LogP contribution in [0.25, 0.3) is 0 Å². The van der Waals surface area contributed by atoms with Gasteiger partial charge in [0.1, 0.15) is 11.4 Å². The molecular weight excluding hydrogens is 379 g/mol. The van der Waals surface area contributed by atoms with Crippen LogP contribution < -0.4 is 4.74 Å². The maximum Gasteiger partial charge on any atom is 0.416 e. The van der Waals surface area contributed by atoms with Gasteiger partial charge in [0.2, 0.25) is 0 Å². The molecular formula is C19H24F3NO3S. The van der Waals surface area contributed by atoms with Crippen molar-refractivity contribution >= 4 is 9.84 Å². The second-order valence-corrected chi connectivity index (χ2v) is 10.5. The summed E-state index contributed by atoms with van der Waals surface area (Å²) in [5.41, 5.74) is -1.03. The number of likely N-dealkylation sites (tertiary alicyclic amines) is 1. The molecule has 0 unspecified atom stereocenters. The maximum absolute atomic E-state index is 12.7. The molecule has 3 aliphatic rings. The molecule has 2 aliphatic heterocycles. The Morgan fingerprint density at radius 2 is 1.59 bits per heavy atom. The highest BCUT2D eigenvalue weighted by Crippen LogP contribution is 2.44. The minimum absolute atomic E-state index is 0.0175. The molecule has 2 heterocycles. The Balaban J connectivity index is 1.35. The molecule has 4 rings (SSSR count). The summed E-state index contributed by atoms with van der Waals surface area (Å²) in [6, 6.07) is 4.91. The Morgan fingerprint density at radius 1 is 1.00 bits per heavy atom. The summed E-state index contributed by atoms with van der Waals surface area (Å²) >= 11 is 0. The van der Waals surface area contributed by atoms with E-state index in [1.807, 2.05) is 0 Å². The lowest BCUT2D eigenvalue weighted by molar-refractivity contribution is -0.137. The van der Waals surface area contributed by atoms with Gasteiger partial charge in [-0.05, 0) is 69.5 Å². The normalized spacial score (nSPS) is 26.2. The first-order valence-electron chi connectivity index (χ1n) is 9.38. The highest BCUT2D eigenvalue weighted by atomic mass is 32.2. The van der Waals surface area contributed by atoms with E-state index in [2.05, 4.69) is 4.90 Å². The fourth-order valence-electron chi connectivity index (χ4n) is 4.60. The first-order chi connectivity index (χ1) is 12.6. The Morgan fingerprint density at radius 3 is 2.04 bits per heavy atom. The van der Waals surface area contributed by atoms with Crippen LogP contribution in [0, 0.1) is 5.41 Å². The zero-order valence-electron chi connectivity index (χ0n) is 15.1. The summed E-state index contributed by atoms with van der Waals surface area (Å²) in [5, 5.41) is 0. The lowest BCUT2D eigenvalue weighted by Gasteiger charge is -2.50. The average Bonchev–Trinajstić information content (AvgIpc) is 2.53. The largest absolute Gasteiger partial charge is 0.486 e. The van der Waals surface area contributed by atoms with Gasteiger partial charge in [-0.1, -0.05) is 0 Å². The number of benzene rings is 1. The second kappa shape index (κ2) is 6.37. The van der Waals surface area contributed by atoms with Crippen LogP contribution in [-0.4, -0.2) is 50.1 Å². The number of hydrogen-bond acceptors (Lipinski definition) is 4. The summed E-state index contributed by atoms with van der Waals surface area (Å²) in [7, 11) is -2.81. The lowest BCUT2D eigenvalue weighted by atomic mass is 9.77. The average molecular weight is 403 g/mol. The first kappa shape index (κ1) is 19.1. The predicted octanol–water partition coefficient (Wildman–Crippen LogP) is 3.52.